The highest BCUT2D eigenvalue weighted by Gasteiger charge is 2.32. The normalized spacial score (nSPS) is 26.7. The molecule has 0 amide bonds. The van der Waals surface area contributed by atoms with Crippen LogP contribution in [0.25, 0.3) is 0 Å². The summed E-state index contributed by atoms with van der Waals surface area (Å²) in [5.74, 6) is 1.50. The molecule has 5 heteroatoms. The first kappa shape index (κ1) is 13.5. The van der Waals surface area contributed by atoms with E-state index in [4.69, 9.17) is 4.74 Å². The van der Waals surface area contributed by atoms with E-state index in [2.05, 4.69) is 5.09 Å². The molecule has 0 saturated heterocycles. The molecule has 1 heterocycles. The molecule has 1 aliphatic rings. The summed E-state index contributed by atoms with van der Waals surface area (Å²) < 4.78 is 17.1. The number of allylic oxidation sites excluding steroid dienone is 1. The quantitative estimate of drug-likeness (QED) is 0.610. The van der Waals surface area contributed by atoms with Crippen molar-refractivity contribution in [3.63, 3.8) is 0 Å². The van der Waals surface area contributed by atoms with Gasteiger partial charge in [-0.3, -0.25) is 4.79 Å². The van der Waals surface area contributed by atoms with E-state index in [1.165, 1.54) is 7.11 Å². The van der Waals surface area contributed by atoms with Crippen molar-refractivity contribution in [1.82, 2.24) is 5.09 Å². The van der Waals surface area contributed by atoms with Crippen LogP contribution in [-0.2, 0) is 14.1 Å². The van der Waals surface area contributed by atoms with Crippen LogP contribution < -0.4 is 5.09 Å². The van der Waals surface area contributed by atoms with Gasteiger partial charge in [0.15, 0.2) is 7.29 Å². The Balaban J connectivity index is 2.77. The fourth-order valence-electron chi connectivity index (χ4n) is 1.77. The number of methoxy groups -OCH3 is 1. The van der Waals surface area contributed by atoms with Gasteiger partial charge in [-0.25, -0.2) is 5.09 Å². The smallest absolute Gasteiger partial charge is 0.323 e. The summed E-state index contributed by atoms with van der Waals surface area (Å²) in [5, 5.41) is 2.98. The number of rotatable bonds is 4. The van der Waals surface area contributed by atoms with Crippen LogP contribution in [0.2, 0.25) is 0 Å². The molecule has 1 rings (SSSR count). The molecule has 1 N–H and O–H groups in total. The maximum Gasteiger partial charge on any atom is 0.323 e. The Bertz CT molecular complexity index is 349. The van der Waals surface area contributed by atoms with Gasteiger partial charge in [-0.05, 0) is 25.1 Å². The van der Waals surface area contributed by atoms with Gasteiger partial charge in [0, 0.05) is 6.16 Å². The van der Waals surface area contributed by atoms with Gasteiger partial charge in [-0.2, -0.15) is 0 Å². The number of carbonyl (C=O) groups is 1. The number of hydrogen-bond donors (Lipinski definition) is 1. The van der Waals surface area contributed by atoms with Gasteiger partial charge in [0.25, 0.3) is 0 Å². The van der Waals surface area contributed by atoms with E-state index < -0.39 is 13.3 Å². The fourth-order valence-corrected chi connectivity index (χ4v) is 4.50. The van der Waals surface area contributed by atoms with E-state index in [1.807, 2.05) is 20.8 Å². The highest BCUT2D eigenvalue weighted by atomic mass is 31.2. The fraction of sp³-hybridized carbons (Fsp3) is 0.727. The molecule has 0 aromatic heterocycles. The molecule has 0 aromatic carbocycles. The molecule has 0 bridgehead atoms. The lowest BCUT2D eigenvalue weighted by atomic mass is 10.1. The van der Waals surface area contributed by atoms with Crippen LogP contribution in [0.4, 0.5) is 0 Å². The first-order chi connectivity index (χ1) is 7.38. The zero-order chi connectivity index (χ0) is 12.3. The van der Waals surface area contributed by atoms with Crippen LogP contribution in [-0.4, -0.2) is 25.3 Å². The van der Waals surface area contributed by atoms with Crippen molar-refractivity contribution in [2.24, 2.45) is 5.92 Å². The Hall–Kier alpha value is -0.600. The summed E-state index contributed by atoms with van der Waals surface area (Å²) in [6.07, 6.45) is 1.45. The molecule has 0 fully saturated rings. The third-order valence-electron chi connectivity index (χ3n) is 2.75. The van der Waals surface area contributed by atoms with Crippen molar-refractivity contribution >= 4 is 13.3 Å². The van der Waals surface area contributed by atoms with Crippen LogP contribution >= 0.6 is 7.29 Å². The predicted octanol–water partition coefficient (Wildman–Crippen LogP) is 2.36. The van der Waals surface area contributed by atoms with E-state index in [1.54, 1.807) is 5.82 Å². The molecule has 0 aromatic rings. The third-order valence-corrected chi connectivity index (χ3v) is 5.21. The second-order valence-corrected chi connectivity index (χ2v) is 7.17. The molecule has 0 radical (unpaired) electrons. The van der Waals surface area contributed by atoms with E-state index >= 15 is 0 Å². The van der Waals surface area contributed by atoms with Crippen molar-refractivity contribution in [2.75, 3.05) is 13.3 Å². The molecule has 0 aliphatic carbocycles. The molecule has 0 saturated carbocycles. The highest BCUT2D eigenvalue weighted by molar-refractivity contribution is 7.65. The number of esters is 1. The number of hydrogen-bond acceptors (Lipinski definition) is 3. The maximum absolute atomic E-state index is 12.4. The third kappa shape index (κ3) is 3.19. The summed E-state index contributed by atoms with van der Waals surface area (Å²) in [7, 11) is -1.16. The van der Waals surface area contributed by atoms with Crippen molar-refractivity contribution in [1.29, 1.82) is 0 Å². The van der Waals surface area contributed by atoms with Crippen LogP contribution in [0.1, 0.15) is 27.2 Å². The zero-order valence-electron chi connectivity index (χ0n) is 10.3. The molecule has 16 heavy (non-hydrogen) atoms. The first-order valence-electron chi connectivity index (χ1n) is 5.50. The molecule has 1 aliphatic heterocycles. The predicted molar refractivity (Wildman–Crippen MR) is 64.6 cm³/mol. The Morgan fingerprint density at radius 1 is 1.56 bits per heavy atom. The van der Waals surface area contributed by atoms with Gasteiger partial charge in [-0.1, -0.05) is 19.4 Å². The van der Waals surface area contributed by atoms with Crippen molar-refractivity contribution in [3.8, 4) is 0 Å². The van der Waals surface area contributed by atoms with Crippen LogP contribution in [0.3, 0.4) is 0 Å². The van der Waals surface area contributed by atoms with Gasteiger partial charge >= 0.3 is 5.97 Å². The number of nitrogens with one attached hydrogen (secondary N) is 1. The van der Waals surface area contributed by atoms with Crippen molar-refractivity contribution in [3.05, 3.63) is 11.4 Å². The molecule has 4 nitrogen and oxygen atoms in total. The molecule has 92 valence electrons. The molecule has 2 atom stereocenters. The Morgan fingerprint density at radius 3 is 2.56 bits per heavy atom. The van der Waals surface area contributed by atoms with E-state index in [9.17, 15) is 9.36 Å². The average Bonchev–Trinajstić information content (AvgIpc) is 2.54. The highest BCUT2D eigenvalue weighted by Crippen LogP contribution is 2.51. The first-order valence-corrected chi connectivity index (χ1v) is 7.47. The van der Waals surface area contributed by atoms with Crippen molar-refractivity contribution < 1.29 is 14.1 Å². The summed E-state index contributed by atoms with van der Waals surface area (Å²) >= 11 is 0. The Morgan fingerprint density at radius 2 is 2.19 bits per heavy atom. The van der Waals surface area contributed by atoms with Gasteiger partial charge in [-0.15, -0.1) is 0 Å². The van der Waals surface area contributed by atoms with Crippen LogP contribution in [0.15, 0.2) is 11.4 Å². The lowest BCUT2D eigenvalue weighted by Gasteiger charge is -2.23. The number of ether oxygens (including phenoxy) is 1. The van der Waals surface area contributed by atoms with E-state index in [-0.39, 0.29) is 11.9 Å². The zero-order valence-corrected chi connectivity index (χ0v) is 11.2. The Kier molecular flexibility index (Phi) is 4.34. The van der Waals surface area contributed by atoms with Crippen LogP contribution in [0, 0.1) is 5.92 Å². The van der Waals surface area contributed by atoms with E-state index in [0.717, 1.165) is 12.0 Å². The topological polar surface area (TPSA) is 55.4 Å². The minimum atomic E-state index is -2.52. The number of carbonyl (C=O) groups excluding carboxylic acids is 1. The Labute approximate surface area is 96.9 Å². The summed E-state index contributed by atoms with van der Waals surface area (Å²) in [6, 6.07) is -0.488. The second kappa shape index (κ2) is 5.15. The second-order valence-electron chi connectivity index (χ2n) is 4.62. The SMILES string of the molecule is COC(=O)C(NP1(=O)C=C(C)CC1)C(C)C. The van der Waals surface area contributed by atoms with Gasteiger partial charge < -0.3 is 9.30 Å². The molecule has 0 spiro atoms. The minimum absolute atomic E-state index is 0.0626. The standard InChI is InChI=1S/C11H20NO3P/c1-8(2)10(11(13)15-4)12-16(14)6-5-9(3)7-16/h7-8,10H,5-6H2,1-4H3,(H,12,14). The average molecular weight is 245 g/mol. The van der Waals surface area contributed by atoms with Gasteiger partial charge in [0.05, 0.1) is 7.11 Å². The molecular formula is C11H20NO3P. The minimum Gasteiger partial charge on any atom is -0.468 e. The van der Waals surface area contributed by atoms with Gasteiger partial charge in [0.2, 0.25) is 0 Å². The summed E-state index contributed by atoms with van der Waals surface area (Å²) in [6.45, 7) is 5.78. The van der Waals surface area contributed by atoms with Crippen LogP contribution in [0.5, 0.6) is 0 Å². The maximum atomic E-state index is 12.4. The molecular weight excluding hydrogens is 225 g/mol. The largest absolute Gasteiger partial charge is 0.468 e. The monoisotopic (exact) mass is 245 g/mol. The molecule has 2 unspecified atom stereocenters. The lowest BCUT2D eigenvalue weighted by Crippen LogP contribution is -2.39. The lowest BCUT2D eigenvalue weighted by molar-refractivity contribution is -0.143. The summed E-state index contributed by atoms with van der Waals surface area (Å²) in [4.78, 5) is 11.5. The summed E-state index contributed by atoms with van der Waals surface area (Å²) in [5.41, 5.74) is 1.13. The van der Waals surface area contributed by atoms with E-state index in [0.29, 0.717) is 6.16 Å². The van der Waals surface area contributed by atoms with Gasteiger partial charge in [0.1, 0.15) is 6.04 Å². The van der Waals surface area contributed by atoms with Crippen molar-refractivity contribution in [2.45, 2.75) is 33.2 Å².